The van der Waals surface area contributed by atoms with E-state index >= 15 is 0 Å². The first-order valence-electron chi connectivity index (χ1n) is 9.53. The Kier molecular flexibility index (Phi) is 5.67. The summed E-state index contributed by atoms with van der Waals surface area (Å²) in [6.07, 6.45) is 2.51. The van der Waals surface area contributed by atoms with Crippen molar-refractivity contribution in [3.63, 3.8) is 0 Å². The van der Waals surface area contributed by atoms with Gasteiger partial charge in [-0.25, -0.2) is 0 Å². The van der Waals surface area contributed by atoms with Crippen LogP contribution in [0.1, 0.15) is 53.1 Å². The molecule has 0 saturated heterocycles. The van der Waals surface area contributed by atoms with Gasteiger partial charge in [-0.3, -0.25) is 14.8 Å². The summed E-state index contributed by atoms with van der Waals surface area (Å²) in [5.74, 6) is -0.0505. The number of carbonyl (C=O) groups is 1. The van der Waals surface area contributed by atoms with Gasteiger partial charge < -0.3 is 10.0 Å². The molecule has 3 rings (SSSR count). The van der Waals surface area contributed by atoms with Gasteiger partial charge in [0.15, 0.2) is 5.69 Å². The first kappa shape index (κ1) is 19.6. The summed E-state index contributed by atoms with van der Waals surface area (Å²) in [6, 6.07) is 8.62. The zero-order chi connectivity index (χ0) is 19.6. The number of aryl methyl sites for hydroxylation is 1. The van der Waals surface area contributed by atoms with Crippen molar-refractivity contribution in [2.24, 2.45) is 0 Å². The number of aromatic nitrogens is 2. The van der Waals surface area contributed by atoms with Crippen LogP contribution in [-0.2, 0) is 25.9 Å². The van der Waals surface area contributed by atoms with Gasteiger partial charge in [-0.2, -0.15) is 5.10 Å². The summed E-state index contributed by atoms with van der Waals surface area (Å²) < 4.78 is 0. The van der Waals surface area contributed by atoms with Crippen LogP contribution in [0.15, 0.2) is 24.3 Å². The molecule has 146 valence electrons. The molecule has 1 amide bonds. The van der Waals surface area contributed by atoms with Crippen LogP contribution in [0, 0.1) is 0 Å². The molecule has 0 fully saturated rings. The van der Waals surface area contributed by atoms with Gasteiger partial charge in [0.1, 0.15) is 0 Å². The largest absolute Gasteiger partial charge is 0.390 e. The Balaban J connectivity index is 1.63. The van der Waals surface area contributed by atoms with Crippen molar-refractivity contribution in [2.45, 2.75) is 51.8 Å². The van der Waals surface area contributed by atoms with E-state index in [9.17, 15) is 9.90 Å². The van der Waals surface area contributed by atoms with Crippen molar-refractivity contribution in [2.75, 3.05) is 20.6 Å². The lowest BCUT2D eigenvalue weighted by Gasteiger charge is -2.27. The molecule has 1 aromatic carbocycles. The van der Waals surface area contributed by atoms with E-state index in [1.54, 1.807) is 19.0 Å². The number of hydrogen-bond donors (Lipinski definition) is 2. The Bertz CT molecular complexity index is 788. The Morgan fingerprint density at radius 1 is 1.26 bits per heavy atom. The van der Waals surface area contributed by atoms with E-state index < -0.39 is 5.60 Å². The first-order chi connectivity index (χ1) is 12.7. The second-order valence-electron chi connectivity index (χ2n) is 8.32. The van der Waals surface area contributed by atoms with Gasteiger partial charge in [0, 0.05) is 51.4 Å². The molecule has 0 atom stereocenters. The highest BCUT2D eigenvalue weighted by molar-refractivity contribution is 5.93. The van der Waals surface area contributed by atoms with Gasteiger partial charge >= 0.3 is 0 Å². The van der Waals surface area contributed by atoms with Crippen molar-refractivity contribution in [1.82, 2.24) is 20.0 Å². The summed E-state index contributed by atoms with van der Waals surface area (Å²) >= 11 is 0. The average Bonchev–Trinajstić information content (AvgIpc) is 3.03. The summed E-state index contributed by atoms with van der Waals surface area (Å²) in [4.78, 5) is 16.2. The molecule has 0 bridgehead atoms. The Labute approximate surface area is 161 Å². The Morgan fingerprint density at radius 3 is 2.56 bits per heavy atom. The van der Waals surface area contributed by atoms with Gasteiger partial charge in [-0.1, -0.05) is 24.3 Å². The number of nitrogens with zero attached hydrogens (tertiary/aromatic N) is 3. The molecule has 2 aromatic rings. The van der Waals surface area contributed by atoms with Gasteiger partial charge in [-0.15, -0.1) is 0 Å². The van der Waals surface area contributed by atoms with Crippen molar-refractivity contribution >= 4 is 5.91 Å². The molecule has 2 heterocycles. The van der Waals surface area contributed by atoms with Crippen LogP contribution >= 0.6 is 0 Å². The minimum Gasteiger partial charge on any atom is -0.390 e. The SMILES string of the molecule is CN(C)C(=O)c1n[nH]c2c1CN(Cc1ccc(CCC(C)(C)O)cc1)CC2. The highest BCUT2D eigenvalue weighted by Gasteiger charge is 2.26. The van der Waals surface area contributed by atoms with Crippen LogP contribution in [0.2, 0.25) is 0 Å². The molecule has 0 spiro atoms. The van der Waals surface area contributed by atoms with E-state index in [1.165, 1.54) is 11.1 Å². The second-order valence-corrected chi connectivity index (χ2v) is 8.32. The molecule has 6 heteroatoms. The Hall–Kier alpha value is -2.18. The minimum atomic E-state index is -0.628. The Morgan fingerprint density at radius 2 is 1.93 bits per heavy atom. The van der Waals surface area contributed by atoms with Crippen LogP contribution in [0.25, 0.3) is 0 Å². The number of nitrogens with one attached hydrogen (secondary N) is 1. The van der Waals surface area contributed by atoms with E-state index in [0.29, 0.717) is 5.69 Å². The zero-order valence-electron chi connectivity index (χ0n) is 16.7. The number of benzene rings is 1. The number of aliphatic hydroxyl groups is 1. The standard InChI is InChI=1S/C21H30N4O2/c1-21(2,27)11-9-15-5-7-16(8-6-15)13-25-12-10-18-17(14-25)19(23-22-18)20(26)24(3)4/h5-8,27H,9-14H2,1-4H3,(H,22,23). The maximum Gasteiger partial charge on any atom is 0.274 e. The van der Waals surface area contributed by atoms with Crippen molar-refractivity contribution in [3.05, 3.63) is 52.3 Å². The zero-order valence-corrected chi connectivity index (χ0v) is 16.7. The summed E-state index contributed by atoms with van der Waals surface area (Å²) in [6.45, 7) is 6.23. The normalized spacial score (nSPS) is 14.9. The van der Waals surface area contributed by atoms with Gasteiger partial charge in [-0.05, 0) is 37.8 Å². The third-order valence-corrected chi connectivity index (χ3v) is 5.08. The maximum absolute atomic E-state index is 12.3. The molecule has 1 aliphatic heterocycles. The molecule has 0 radical (unpaired) electrons. The molecule has 0 aliphatic carbocycles. The molecule has 27 heavy (non-hydrogen) atoms. The van der Waals surface area contributed by atoms with Crippen molar-refractivity contribution in [1.29, 1.82) is 0 Å². The molecular formula is C21H30N4O2. The number of hydrogen-bond acceptors (Lipinski definition) is 4. The van der Waals surface area contributed by atoms with E-state index in [4.69, 9.17) is 0 Å². The van der Waals surface area contributed by atoms with Crippen molar-refractivity contribution in [3.8, 4) is 0 Å². The number of H-pyrrole nitrogens is 1. The number of aromatic amines is 1. The third-order valence-electron chi connectivity index (χ3n) is 5.08. The highest BCUT2D eigenvalue weighted by atomic mass is 16.3. The second kappa shape index (κ2) is 7.82. The fraction of sp³-hybridized carbons (Fsp3) is 0.524. The summed E-state index contributed by atoms with van der Waals surface area (Å²) in [5.41, 5.74) is 4.53. The third kappa shape index (κ3) is 4.96. The van der Waals surface area contributed by atoms with Gasteiger partial charge in [0.2, 0.25) is 0 Å². The maximum atomic E-state index is 12.3. The van der Waals surface area contributed by atoms with E-state index in [1.807, 2.05) is 13.8 Å². The lowest BCUT2D eigenvalue weighted by molar-refractivity contribution is 0.0713. The van der Waals surface area contributed by atoms with Gasteiger partial charge in [0.25, 0.3) is 5.91 Å². The monoisotopic (exact) mass is 370 g/mol. The molecule has 1 aliphatic rings. The lowest BCUT2D eigenvalue weighted by atomic mass is 9.98. The van der Waals surface area contributed by atoms with Gasteiger partial charge in [0.05, 0.1) is 5.60 Å². The fourth-order valence-corrected chi connectivity index (χ4v) is 3.39. The topological polar surface area (TPSA) is 72.5 Å². The molecule has 0 unspecified atom stereocenters. The summed E-state index contributed by atoms with van der Waals surface area (Å²) in [5, 5.41) is 17.2. The van der Waals surface area contributed by atoms with Crippen LogP contribution in [0.5, 0.6) is 0 Å². The quantitative estimate of drug-likeness (QED) is 0.819. The number of rotatable bonds is 6. The number of fused-ring (bicyclic) bond motifs is 1. The molecule has 0 saturated carbocycles. The predicted molar refractivity (Wildman–Crippen MR) is 105 cm³/mol. The number of amides is 1. The first-order valence-corrected chi connectivity index (χ1v) is 9.53. The minimum absolute atomic E-state index is 0.0505. The smallest absolute Gasteiger partial charge is 0.274 e. The van der Waals surface area contributed by atoms with Crippen LogP contribution in [0.4, 0.5) is 0 Å². The summed E-state index contributed by atoms with van der Waals surface area (Å²) in [7, 11) is 3.51. The van der Waals surface area contributed by atoms with Crippen LogP contribution < -0.4 is 0 Å². The molecule has 1 aromatic heterocycles. The molecular weight excluding hydrogens is 340 g/mol. The fourth-order valence-electron chi connectivity index (χ4n) is 3.39. The lowest BCUT2D eigenvalue weighted by Crippen LogP contribution is -2.31. The van der Waals surface area contributed by atoms with E-state index in [2.05, 4.69) is 39.4 Å². The molecule has 2 N–H and O–H groups in total. The van der Waals surface area contributed by atoms with Crippen LogP contribution in [-0.4, -0.2) is 57.3 Å². The van der Waals surface area contributed by atoms with E-state index in [-0.39, 0.29) is 5.91 Å². The predicted octanol–water partition coefficient (Wildman–Crippen LogP) is 2.37. The highest BCUT2D eigenvalue weighted by Crippen LogP contribution is 2.23. The van der Waals surface area contributed by atoms with Crippen molar-refractivity contribution < 1.29 is 9.90 Å². The molecule has 6 nitrogen and oxygen atoms in total. The average molecular weight is 370 g/mol. The van der Waals surface area contributed by atoms with E-state index in [0.717, 1.165) is 50.2 Å². The number of carbonyl (C=O) groups excluding carboxylic acids is 1. The van der Waals surface area contributed by atoms with Crippen LogP contribution in [0.3, 0.4) is 0 Å².